The Hall–Kier alpha value is -1.36. The molecule has 0 saturated carbocycles. The first-order valence-corrected chi connectivity index (χ1v) is 6.90. The number of carboxylic acid groups (broad SMARTS) is 1. The van der Waals surface area contributed by atoms with Crippen LogP contribution in [0.5, 0.6) is 11.5 Å². The van der Waals surface area contributed by atoms with Gasteiger partial charge in [0.25, 0.3) is 0 Å². The summed E-state index contributed by atoms with van der Waals surface area (Å²) in [5.74, 6) is 1.28. The smallest absolute Gasteiger partial charge is 0.304 e. The second-order valence-corrected chi connectivity index (χ2v) is 4.60. The zero-order valence-corrected chi connectivity index (χ0v) is 11.5. The zero-order chi connectivity index (χ0) is 13.4. The second kappa shape index (κ2) is 7.87. The molecule has 0 amide bonds. The number of hydrogen-bond acceptors (Lipinski definition) is 4. The molecule has 0 aliphatic carbocycles. The molecule has 0 bridgehead atoms. The van der Waals surface area contributed by atoms with E-state index in [9.17, 15) is 4.79 Å². The van der Waals surface area contributed by atoms with Crippen LogP contribution in [0.1, 0.15) is 20.3 Å². The number of carbonyl (C=O) groups is 1. The summed E-state index contributed by atoms with van der Waals surface area (Å²) in [7, 11) is 0. The highest BCUT2D eigenvalue weighted by Crippen LogP contribution is 2.33. The lowest BCUT2D eigenvalue weighted by Crippen LogP contribution is -1.98. The van der Waals surface area contributed by atoms with Crippen LogP contribution in [0, 0.1) is 0 Å². The fourth-order valence-corrected chi connectivity index (χ4v) is 2.35. The first-order valence-electron chi connectivity index (χ1n) is 5.91. The highest BCUT2D eigenvalue weighted by Gasteiger charge is 2.07. The summed E-state index contributed by atoms with van der Waals surface area (Å²) in [6.07, 6.45) is 0.134. The molecule has 18 heavy (non-hydrogen) atoms. The zero-order valence-electron chi connectivity index (χ0n) is 10.6. The lowest BCUT2D eigenvalue weighted by molar-refractivity contribution is -0.136. The van der Waals surface area contributed by atoms with E-state index < -0.39 is 5.97 Å². The Morgan fingerprint density at radius 3 is 2.61 bits per heavy atom. The van der Waals surface area contributed by atoms with E-state index in [1.165, 1.54) is 11.8 Å². The third kappa shape index (κ3) is 4.87. The fourth-order valence-electron chi connectivity index (χ4n) is 1.38. The number of benzene rings is 1. The Bertz CT molecular complexity index is 393. The van der Waals surface area contributed by atoms with Gasteiger partial charge in [-0.2, -0.15) is 0 Å². The van der Waals surface area contributed by atoms with Gasteiger partial charge in [0.15, 0.2) is 0 Å². The van der Waals surface area contributed by atoms with Crippen molar-refractivity contribution in [2.24, 2.45) is 0 Å². The number of carboxylic acids is 1. The molecule has 4 nitrogen and oxygen atoms in total. The Morgan fingerprint density at radius 2 is 2.00 bits per heavy atom. The number of hydrogen-bond donors (Lipinski definition) is 1. The van der Waals surface area contributed by atoms with Crippen LogP contribution in [0.15, 0.2) is 23.1 Å². The van der Waals surface area contributed by atoms with E-state index in [1.807, 2.05) is 32.0 Å². The molecule has 5 heteroatoms. The van der Waals surface area contributed by atoms with Gasteiger partial charge in [-0.3, -0.25) is 4.79 Å². The van der Waals surface area contributed by atoms with Crippen LogP contribution in [0.25, 0.3) is 0 Å². The Morgan fingerprint density at radius 1 is 1.28 bits per heavy atom. The second-order valence-electron chi connectivity index (χ2n) is 3.47. The van der Waals surface area contributed by atoms with E-state index in [4.69, 9.17) is 14.6 Å². The summed E-state index contributed by atoms with van der Waals surface area (Å²) in [5.41, 5.74) is 0. The average molecular weight is 270 g/mol. The van der Waals surface area contributed by atoms with Gasteiger partial charge in [-0.15, -0.1) is 11.8 Å². The molecule has 0 aliphatic rings. The molecule has 0 aromatic heterocycles. The van der Waals surface area contributed by atoms with Crippen molar-refractivity contribution in [1.29, 1.82) is 0 Å². The quantitative estimate of drug-likeness (QED) is 0.736. The van der Waals surface area contributed by atoms with E-state index >= 15 is 0 Å². The first kappa shape index (κ1) is 14.7. The minimum atomic E-state index is -0.790. The van der Waals surface area contributed by atoms with Gasteiger partial charge >= 0.3 is 5.97 Å². The molecule has 1 N–H and O–H groups in total. The van der Waals surface area contributed by atoms with E-state index in [-0.39, 0.29) is 6.42 Å². The lowest BCUT2D eigenvalue weighted by atomic mass is 10.3. The van der Waals surface area contributed by atoms with Gasteiger partial charge in [0.05, 0.1) is 24.5 Å². The van der Waals surface area contributed by atoms with Crippen molar-refractivity contribution < 1.29 is 19.4 Å². The van der Waals surface area contributed by atoms with E-state index in [0.717, 1.165) is 16.4 Å². The van der Waals surface area contributed by atoms with Crippen molar-refractivity contribution in [3.63, 3.8) is 0 Å². The summed E-state index contributed by atoms with van der Waals surface area (Å²) >= 11 is 1.47. The third-order valence-electron chi connectivity index (χ3n) is 2.10. The largest absolute Gasteiger partial charge is 0.494 e. The van der Waals surface area contributed by atoms with Gasteiger partial charge in [-0.25, -0.2) is 0 Å². The fraction of sp³-hybridized carbons (Fsp3) is 0.462. The first-order chi connectivity index (χ1) is 8.67. The van der Waals surface area contributed by atoms with Crippen molar-refractivity contribution >= 4 is 17.7 Å². The Labute approximate surface area is 111 Å². The molecule has 0 heterocycles. The predicted octanol–water partition coefficient (Wildman–Crippen LogP) is 3.05. The Kier molecular flexibility index (Phi) is 6.43. The molecule has 100 valence electrons. The topological polar surface area (TPSA) is 55.8 Å². The molecule has 0 spiro atoms. The van der Waals surface area contributed by atoms with Crippen molar-refractivity contribution in [2.75, 3.05) is 19.0 Å². The predicted molar refractivity (Wildman–Crippen MR) is 71.8 cm³/mol. The number of rotatable bonds is 8. The summed E-state index contributed by atoms with van der Waals surface area (Å²) in [6, 6.07) is 5.61. The minimum absolute atomic E-state index is 0.134. The molecular formula is C13H18O4S. The maximum absolute atomic E-state index is 10.5. The summed E-state index contributed by atoms with van der Waals surface area (Å²) < 4.78 is 10.9. The normalized spacial score (nSPS) is 10.1. The number of thioether (sulfide) groups is 1. The van der Waals surface area contributed by atoms with Crippen molar-refractivity contribution in [3.8, 4) is 11.5 Å². The molecule has 1 aromatic carbocycles. The molecular weight excluding hydrogens is 252 g/mol. The van der Waals surface area contributed by atoms with Crippen LogP contribution in [0.3, 0.4) is 0 Å². The molecule has 0 atom stereocenters. The molecule has 0 radical (unpaired) electrons. The average Bonchev–Trinajstić information content (AvgIpc) is 2.32. The van der Waals surface area contributed by atoms with Gasteiger partial charge in [-0.05, 0) is 32.0 Å². The van der Waals surface area contributed by atoms with Crippen LogP contribution in [-0.2, 0) is 4.79 Å². The van der Waals surface area contributed by atoms with Gasteiger partial charge in [0.2, 0.25) is 0 Å². The SMILES string of the molecule is CCOc1ccc(OCC)c(SCCC(=O)O)c1. The van der Waals surface area contributed by atoms with Crippen LogP contribution < -0.4 is 9.47 Å². The van der Waals surface area contributed by atoms with E-state index in [0.29, 0.717) is 19.0 Å². The van der Waals surface area contributed by atoms with Crippen LogP contribution in [-0.4, -0.2) is 30.0 Å². The summed E-state index contributed by atoms with van der Waals surface area (Å²) in [4.78, 5) is 11.4. The number of aliphatic carboxylic acids is 1. The van der Waals surface area contributed by atoms with Gasteiger partial charge < -0.3 is 14.6 Å². The van der Waals surface area contributed by atoms with Crippen LogP contribution >= 0.6 is 11.8 Å². The van der Waals surface area contributed by atoms with Crippen molar-refractivity contribution in [1.82, 2.24) is 0 Å². The maximum Gasteiger partial charge on any atom is 0.304 e. The van der Waals surface area contributed by atoms with Crippen LogP contribution in [0.2, 0.25) is 0 Å². The van der Waals surface area contributed by atoms with Gasteiger partial charge in [0.1, 0.15) is 11.5 Å². The molecule has 0 unspecified atom stereocenters. The third-order valence-corrected chi connectivity index (χ3v) is 3.14. The Balaban J connectivity index is 2.75. The molecule has 0 aliphatic heterocycles. The molecule has 1 rings (SSSR count). The molecule has 0 fully saturated rings. The van der Waals surface area contributed by atoms with Gasteiger partial charge in [-0.1, -0.05) is 0 Å². The monoisotopic (exact) mass is 270 g/mol. The number of ether oxygens (including phenoxy) is 2. The van der Waals surface area contributed by atoms with Gasteiger partial charge in [0, 0.05) is 5.75 Å². The van der Waals surface area contributed by atoms with E-state index in [1.54, 1.807) is 0 Å². The maximum atomic E-state index is 10.5. The van der Waals surface area contributed by atoms with Crippen molar-refractivity contribution in [3.05, 3.63) is 18.2 Å². The minimum Gasteiger partial charge on any atom is -0.494 e. The lowest BCUT2D eigenvalue weighted by Gasteiger charge is -2.11. The molecule has 1 aromatic rings. The summed E-state index contributed by atoms with van der Waals surface area (Å²) in [6.45, 7) is 5.03. The molecule has 0 saturated heterocycles. The highest BCUT2D eigenvalue weighted by atomic mass is 32.2. The standard InChI is InChI=1S/C13H18O4S/c1-3-16-10-5-6-11(17-4-2)12(9-10)18-8-7-13(14)15/h5-6,9H,3-4,7-8H2,1-2H3,(H,14,15). The van der Waals surface area contributed by atoms with Crippen molar-refractivity contribution in [2.45, 2.75) is 25.2 Å². The van der Waals surface area contributed by atoms with E-state index in [2.05, 4.69) is 0 Å². The van der Waals surface area contributed by atoms with Crippen LogP contribution in [0.4, 0.5) is 0 Å². The highest BCUT2D eigenvalue weighted by molar-refractivity contribution is 7.99. The summed E-state index contributed by atoms with van der Waals surface area (Å²) in [5, 5.41) is 8.63.